The van der Waals surface area contributed by atoms with E-state index in [-0.39, 0.29) is 17.7 Å². The van der Waals surface area contributed by atoms with Crippen molar-refractivity contribution in [2.24, 2.45) is 5.18 Å². The zero-order chi connectivity index (χ0) is 10.4. The summed E-state index contributed by atoms with van der Waals surface area (Å²) in [6, 6.07) is 5.78. The largest absolute Gasteiger partial charge is 0.303 e. The lowest BCUT2D eigenvalue weighted by Gasteiger charge is -1.98. The quantitative estimate of drug-likeness (QED) is 0.544. The van der Waals surface area contributed by atoms with Gasteiger partial charge in [0.15, 0.2) is 0 Å². The predicted octanol–water partition coefficient (Wildman–Crippen LogP) is 2.52. The number of aldehydes is 1. The Morgan fingerprint density at radius 2 is 2.14 bits per heavy atom. The lowest BCUT2D eigenvalue weighted by Crippen LogP contribution is -1.86. The summed E-state index contributed by atoms with van der Waals surface area (Å²) in [7, 11) is 0. The van der Waals surface area contributed by atoms with Gasteiger partial charge in [0.05, 0.1) is 0 Å². The average molecular weight is 193 g/mol. The molecule has 0 atom stereocenters. The van der Waals surface area contributed by atoms with Gasteiger partial charge in [-0.1, -0.05) is 12.1 Å². The van der Waals surface area contributed by atoms with Gasteiger partial charge in [-0.2, -0.15) is 0 Å². The molecule has 0 aliphatic carbocycles. The molecule has 0 aromatic heterocycles. The van der Waals surface area contributed by atoms with E-state index in [9.17, 15) is 14.1 Å². The lowest BCUT2D eigenvalue weighted by molar-refractivity contribution is -0.107. The van der Waals surface area contributed by atoms with Crippen molar-refractivity contribution in [2.75, 3.05) is 0 Å². The van der Waals surface area contributed by atoms with Crippen molar-refractivity contribution in [3.8, 4) is 0 Å². The number of rotatable bonds is 4. The van der Waals surface area contributed by atoms with Gasteiger partial charge in [0, 0.05) is 12.0 Å². The number of carbonyl (C=O) groups is 1. The van der Waals surface area contributed by atoms with Crippen molar-refractivity contribution in [1.29, 1.82) is 0 Å². The van der Waals surface area contributed by atoms with E-state index in [0.717, 1.165) is 0 Å². The number of halogens is 1. The molecular weight excluding hydrogens is 185 g/mol. The molecule has 0 amide bonds. The van der Waals surface area contributed by atoms with E-state index in [1.54, 1.807) is 6.07 Å². The number of allylic oxidation sites excluding steroid dienone is 1. The van der Waals surface area contributed by atoms with E-state index in [2.05, 4.69) is 5.18 Å². The van der Waals surface area contributed by atoms with Crippen LogP contribution in [0.4, 0.5) is 4.39 Å². The molecular formula is C10H8FNO2. The summed E-state index contributed by atoms with van der Waals surface area (Å²) in [5, 5.41) is 2.67. The molecule has 3 nitrogen and oxygen atoms in total. The molecule has 1 aromatic carbocycles. The first kappa shape index (κ1) is 10.2. The first-order valence-electron chi connectivity index (χ1n) is 4.01. The number of nitroso groups, excluding NO2 is 1. The molecule has 4 heteroatoms. The van der Waals surface area contributed by atoms with Crippen LogP contribution in [0.25, 0.3) is 5.70 Å². The van der Waals surface area contributed by atoms with Crippen LogP contribution < -0.4 is 0 Å². The fourth-order valence-corrected chi connectivity index (χ4v) is 1.03. The Morgan fingerprint density at radius 1 is 1.43 bits per heavy atom. The molecule has 0 radical (unpaired) electrons. The summed E-state index contributed by atoms with van der Waals surface area (Å²) < 4.78 is 13.1. The Labute approximate surface area is 80.2 Å². The second-order valence-electron chi connectivity index (χ2n) is 2.56. The normalized spacial score (nSPS) is 11.1. The van der Waals surface area contributed by atoms with Gasteiger partial charge >= 0.3 is 0 Å². The van der Waals surface area contributed by atoms with E-state index in [0.29, 0.717) is 6.29 Å². The highest BCUT2D eigenvalue weighted by atomic mass is 19.1. The van der Waals surface area contributed by atoms with Crippen LogP contribution in [-0.4, -0.2) is 6.29 Å². The van der Waals surface area contributed by atoms with Crippen LogP contribution in [0.2, 0.25) is 0 Å². The van der Waals surface area contributed by atoms with Crippen molar-refractivity contribution in [2.45, 2.75) is 6.42 Å². The maximum atomic E-state index is 13.1. The standard InChI is InChI=1S/C10H8FNO2/c11-9-5-2-1-4-8(9)10(12-14)6-3-7-13/h1-2,4-7H,3H2/b10-6-. The minimum atomic E-state index is -0.524. The average Bonchev–Trinajstić information content (AvgIpc) is 2.21. The van der Waals surface area contributed by atoms with Crippen LogP contribution in [0.3, 0.4) is 0 Å². The van der Waals surface area contributed by atoms with Crippen LogP contribution in [-0.2, 0) is 4.79 Å². The Bertz CT molecular complexity index is 374. The minimum Gasteiger partial charge on any atom is -0.303 e. The maximum absolute atomic E-state index is 13.1. The number of benzene rings is 1. The second-order valence-corrected chi connectivity index (χ2v) is 2.56. The number of carbonyl (C=O) groups excluding carboxylic acids is 1. The molecule has 1 rings (SSSR count). The predicted molar refractivity (Wildman–Crippen MR) is 50.9 cm³/mol. The van der Waals surface area contributed by atoms with Crippen molar-refractivity contribution in [3.63, 3.8) is 0 Å². The molecule has 14 heavy (non-hydrogen) atoms. The molecule has 0 unspecified atom stereocenters. The summed E-state index contributed by atoms with van der Waals surface area (Å²) in [5.74, 6) is -0.524. The second kappa shape index (κ2) is 5.01. The zero-order valence-electron chi connectivity index (χ0n) is 7.31. The number of hydrogen-bond acceptors (Lipinski definition) is 3. The monoisotopic (exact) mass is 193 g/mol. The van der Waals surface area contributed by atoms with Crippen molar-refractivity contribution in [3.05, 3.63) is 46.6 Å². The van der Waals surface area contributed by atoms with E-state index in [1.807, 2.05) is 0 Å². The zero-order valence-corrected chi connectivity index (χ0v) is 7.31. The number of hydrogen-bond donors (Lipinski definition) is 0. The Hall–Kier alpha value is -1.84. The summed E-state index contributed by atoms with van der Waals surface area (Å²) in [4.78, 5) is 20.4. The molecule has 0 bridgehead atoms. The van der Waals surface area contributed by atoms with Gasteiger partial charge in [-0.3, -0.25) is 0 Å². The van der Waals surface area contributed by atoms with Gasteiger partial charge in [-0.05, 0) is 23.4 Å². The van der Waals surface area contributed by atoms with Gasteiger partial charge in [0.25, 0.3) is 0 Å². The van der Waals surface area contributed by atoms with Crippen LogP contribution in [0.15, 0.2) is 35.5 Å². The molecule has 0 saturated heterocycles. The van der Waals surface area contributed by atoms with Crippen LogP contribution >= 0.6 is 0 Å². The van der Waals surface area contributed by atoms with E-state index in [4.69, 9.17) is 0 Å². The fourth-order valence-electron chi connectivity index (χ4n) is 1.03. The molecule has 72 valence electrons. The van der Waals surface area contributed by atoms with E-state index in [1.165, 1.54) is 24.3 Å². The third-order valence-electron chi connectivity index (χ3n) is 1.66. The summed E-state index contributed by atoms with van der Waals surface area (Å²) in [6.07, 6.45) is 1.96. The van der Waals surface area contributed by atoms with Crippen LogP contribution in [0.5, 0.6) is 0 Å². The molecule has 0 spiro atoms. The van der Waals surface area contributed by atoms with Gasteiger partial charge in [0.2, 0.25) is 0 Å². The first-order chi connectivity index (χ1) is 6.79. The molecule has 0 fully saturated rings. The topological polar surface area (TPSA) is 46.5 Å². The molecule has 0 aliphatic rings. The minimum absolute atomic E-state index is 0.0461. The Morgan fingerprint density at radius 3 is 2.71 bits per heavy atom. The van der Waals surface area contributed by atoms with Gasteiger partial charge < -0.3 is 4.79 Å². The highest BCUT2D eigenvalue weighted by Crippen LogP contribution is 2.19. The van der Waals surface area contributed by atoms with Gasteiger partial charge in [0.1, 0.15) is 17.8 Å². The molecule has 0 saturated carbocycles. The van der Waals surface area contributed by atoms with Crippen LogP contribution in [0.1, 0.15) is 12.0 Å². The summed E-state index contributed by atoms with van der Waals surface area (Å²) >= 11 is 0. The van der Waals surface area contributed by atoms with Gasteiger partial charge in [-0.15, -0.1) is 4.91 Å². The maximum Gasteiger partial charge on any atom is 0.132 e. The van der Waals surface area contributed by atoms with Crippen LogP contribution in [0, 0.1) is 10.7 Å². The third-order valence-corrected chi connectivity index (χ3v) is 1.66. The highest BCUT2D eigenvalue weighted by Gasteiger charge is 2.06. The summed E-state index contributed by atoms with van der Waals surface area (Å²) in [6.45, 7) is 0. The highest BCUT2D eigenvalue weighted by molar-refractivity contribution is 5.68. The molecule has 0 heterocycles. The first-order valence-corrected chi connectivity index (χ1v) is 4.01. The van der Waals surface area contributed by atoms with E-state index < -0.39 is 5.82 Å². The van der Waals surface area contributed by atoms with Gasteiger partial charge in [-0.25, -0.2) is 4.39 Å². The molecule has 0 N–H and O–H groups in total. The molecule has 0 aliphatic heterocycles. The lowest BCUT2D eigenvalue weighted by atomic mass is 10.1. The SMILES string of the molecule is O=CC/C=C(\N=O)c1ccccc1F. The van der Waals surface area contributed by atoms with Crippen molar-refractivity contribution < 1.29 is 9.18 Å². The van der Waals surface area contributed by atoms with Crippen molar-refractivity contribution in [1.82, 2.24) is 0 Å². The van der Waals surface area contributed by atoms with Crippen molar-refractivity contribution >= 4 is 12.0 Å². The number of nitrogens with zero attached hydrogens (tertiary/aromatic N) is 1. The fraction of sp³-hybridized carbons (Fsp3) is 0.100. The molecule has 1 aromatic rings. The Balaban J connectivity index is 3.06. The summed E-state index contributed by atoms with van der Waals surface area (Å²) in [5.41, 5.74) is 0.0690. The van der Waals surface area contributed by atoms with E-state index >= 15 is 0 Å². The Kier molecular flexibility index (Phi) is 3.67. The smallest absolute Gasteiger partial charge is 0.132 e. The third kappa shape index (κ3) is 2.32.